The van der Waals surface area contributed by atoms with Crippen LogP contribution in [0.25, 0.3) is 0 Å². The SMILES string of the molecule is O=C1CC(c2ccccc2Br)c2c(nc(SCc3cccc(F)c3)[nH]c2=O)N1. The minimum absolute atomic E-state index is 0.177. The summed E-state index contributed by atoms with van der Waals surface area (Å²) in [6.07, 6.45) is 0.177. The number of amides is 1. The molecule has 1 atom stereocenters. The Morgan fingerprint density at radius 2 is 2.00 bits per heavy atom. The third-order valence-electron chi connectivity index (χ3n) is 4.47. The number of aromatic amines is 1. The van der Waals surface area contributed by atoms with Gasteiger partial charge in [-0.05, 0) is 29.3 Å². The van der Waals surface area contributed by atoms with Crippen molar-refractivity contribution in [3.8, 4) is 0 Å². The number of carbonyl (C=O) groups is 1. The van der Waals surface area contributed by atoms with Crippen LogP contribution in [0.15, 0.2) is 63.0 Å². The van der Waals surface area contributed by atoms with Gasteiger partial charge >= 0.3 is 0 Å². The number of H-pyrrole nitrogens is 1. The van der Waals surface area contributed by atoms with Gasteiger partial charge in [0.2, 0.25) is 5.91 Å². The van der Waals surface area contributed by atoms with Crippen LogP contribution in [0.3, 0.4) is 0 Å². The molecule has 0 saturated heterocycles. The molecule has 0 fully saturated rings. The van der Waals surface area contributed by atoms with E-state index in [0.29, 0.717) is 16.5 Å². The topological polar surface area (TPSA) is 74.8 Å². The highest BCUT2D eigenvalue weighted by Gasteiger charge is 2.31. The maximum absolute atomic E-state index is 13.3. The zero-order chi connectivity index (χ0) is 19.7. The van der Waals surface area contributed by atoms with Crippen LogP contribution in [-0.2, 0) is 10.5 Å². The summed E-state index contributed by atoms with van der Waals surface area (Å²) in [5, 5.41) is 3.08. The van der Waals surface area contributed by atoms with Gasteiger partial charge in [0.1, 0.15) is 11.6 Å². The molecule has 1 unspecified atom stereocenters. The molecule has 28 heavy (non-hydrogen) atoms. The summed E-state index contributed by atoms with van der Waals surface area (Å²) in [4.78, 5) is 32.3. The Balaban J connectivity index is 1.67. The van der Waals surface area contributed by atoms with E-state index >= 15 is 0 Å². The molecule has 0 radical (unpaired) electrons. The summed E-state index contributed by atoms with van der Waals surface area (Å²) in [6, 6.07) is 13.8. The van der Waals surface area contributed by atoms with Crippen molar-refractivity contribution in [1.29, 1.82) is 0 Å². The third kappa shape index (κ3) is 3.88. The molecular weight excluding hydrogens is 445 g/mol. The summed E-state index contributed by atoms with van der Waals surface area (Å²) >= 11 is 4.78. The molecule has 0 saturated carbocycles. The van der Waals surface area contributed by atoms with E-state index in [2.05, 4.69) is 31.2 Å². The summed E-state index contributed by atoms with van der Waals surface area (Å²) in [5.74, 6) is -0.150. The number of hydrogen-bond acceptors (Lipinski definition) is 4. The van der Waals surface area contributed by atoms with Gasteiger partial charge in [0.05, 0.1) is 5.56 Å². The van der Waals surface area contributed by atoms with Crippen LogP contribution in [0, 0.1) is 5.82 Å². The van der Waals surface area contributed by atoms with Gasteiger partial charge in [-0.1, -0.05) is 58.0 Å². The smallest absolute Gasteiger partial charge is 0.257 e. The fourth-order valence-corrected chi connectivity index (χ4v) is 4.59. The number of anilines is 1. The fourth-order valence-electron chi connectivity index (χ4n) is 3.22. The van der Waals surface area contributed by atoms with Gasteiger partial charge in [-0.2, -0.15) is 0 Å². The molecule has 2 heterocycles. The Morgan fingerprint density at radius 1 is 1.18 bits per heavy atom. The van der Waals surface area contributed by atoms with Gasteiger partial charge in [0.25, 0.3) is 5.56 Å². The molecule has 5 nitrogen and oxygen atoms in total. The quantitative estimate of drug-likeness (QED) is 0.446. The predicted octanol–water partition coefficient (Wildman–Crippen LogP) is 4.44. The first kappa shape index (κ1) is 18.9. The third-order valence-corrected chi connectivity index (χ3v) is 6.14. The van der Waals surface area contributed by atoms with Crippen LogP contribution >= 0.6 is 27.7 Å². The largest absolute Gasteiger partial charge is 0.310 e. The maximum atomic E-state index is 13.3. The molecule has 0 spiro atoms. The van der Waals surface area contributed by atoms with Crippen LogP contribution in [0.1, 0.15) is 29.0 Å². The fraction of sp³-hybridized carbons (Fsp3) is 0.150. The molecule has 1 aliphatic heterocycles. The Hall–Kier alpha value is -2.45. The molecule has 2 N–H and O–H groups in total. The van der Waals surface area contributed by atoms with Crippen LogP contribution in [0.2, 0.25) is 0 Å². The van der Waals surface area contributed by atoms with Gasteiger partial charge in [-0.15, -0.1) is 0 Å². The van der Waals surface area contributed by atoms with E-state index < -0.39 is 0 Å². The minimum atomic E-state index is -0.377. The number of nitrogens with zero attached hydrogens (tertiary/aromatic N) is 1. The second-order valence-electron chi connectivity index (χ2n) is 6.38. The number of hydrogen-bond donors (Lipinski definition) is 2. The zero-order valence-corrected chi connectivity index (χ0v) is 16.9. The average Bonchev–Trinajstić information content (AvgIpc) is 2.66. The maximum Gasteiger partial charge on any atom is 0.257 e. The summed E-state index contributed by atoms with van der Waals surface area (Å²) in [6.45, 7) is 0. The first-order chi connectivity index (χ1) is 13.5. The van der Waals surface area contributed by atoms with Crippen LogP contribution in [0.5, 0.6) is 0 Å². The van der Waals surface area contributed by atoms with Crippen LogP contribution in [0.4, 0.5) is 10.2 Å². The Bertz CT molecular complexity index is 1120. The summed E-state index contributed by atoms with van der Waals surface area (Å²) in [7, 11) is 0. The van der Waals surface area contributed by atoms with E-state index in [1.54, 1.807) is 12.1 Å². The van der Waals surface area contributed by atoms with E-state index in [-0.39, 0.29) is 35.4 Å². The lowest BCUT2D eigenvalue weighted by atomic mass is 9.87. The second-order valence-corrected chi connectivity index (χ2v) is 8.20. The molecule has 0 bridgehead atoms. The monoisotopic (exact) mass is 459 g/mol. The van der Waals surface area contributed by atoms with Gasteiger partial charge < -0.3 is 10.3 Å². The van der Waals surface area contributed by atoms with Crippen molar-refractivity contribution in [3.05, 3.63) is 85.9 Å². The van der Waals surface area contributed by atoms with Crippen LogP contribution < -0.4 is 10.9 Å². The minimum Gasteiger partial charge on any atom is -0.310 e. The van der Waals surface area contributed by atoms with Gasteiger partial charge in [0.15, 0.2) is 5.16 Å². The zero-order valence-electron chi connectivity index (χ0n) is 14.5. The number of fused-ring (bicyclic) bond motifs is 1. The Kier molecular flexibility index (Phi) is 5.32. The molecule has 142 valence electrons. The number of halogens is 2. The summed E-state index contributed by atoms with van der Waals surface area (Å²) < 4.78 is 14.2. The standard InChI is InChI=1S/C20H15BrFN3O2S/c21-15-7-2-1-6-13(15)14-9-16(26)23-18-17(14)19(27)25-20(24-18)28-10-11-4-3-5-12(22)8-11/h1-8,14H,9-10H2,(H2,23,24,25,26,27). The lowest BCUT2D eigenvalue weighted by Crippen LogP contribution is -2.31. The number of nitrogens with one attached hydrogen (secondary N) is 2. The molecule has 3 aromatic rings. The second kappa shape index (κ2) is 7.89. The van der Waals surface area contributed by atoms with Crippen molar-refractivity contribution in [2.75, 3.05) is 5.32 Å². The van der Waals surface area contributed by atoms with Crippen molar-refractivity contribution >= 4 is 39.4 Å². The van der Waals surface area contributed by atoms with Crippen LogP contribution in [-0.4, -0.2) is 15.9 Å². The van der Waals surface area contributed by atoms with E-state index in [9.17, 15) is 14.0 Å². The molecule has 2 aromatic carbocycles. The Morgan fingerprint density at radius 3 is 2.79 bits per heavy atom. The van der Waals surface area contributed by atoms with E-state index in [1.165, 1.54) is 23.9 Å². The number of thioether (sulfide) groups is 1. The lowest BCUT2D eigenvalue weighted by molar-refractivity contribution is -0.116. The predicted molar refractivity (Wildman–Crippen MR) is 110 cm³/mol. The van der Waals surface area contributed by atoms with Gasteiger partial charge in [-0.3, -0.25) is 9.59 Å². The first-order valence-electron chi connectivity index (χ1n) is 8.57. The Labute approximate surface area is 172 Å². The van der Waals surface area contributed by atoms with Gasteiger partial charge in [0, 0.05) is 22.6 Å². The van der Waals surface area contributed by atoms with Crippen molar-refractivity contribution in [3.63, 3.8) is 0 Å². The highest BCUT2D eigenvalue weighted by molar-refractivity contribution is 9.10. The molecule has 1 amide bonds. The number of benzene rings is 2. The highest BCUT2D eigenvalue weighted by Crippen LogP contribution is 2.37. The van der Waals surface area contributed by atoms with E-state index in [4.69, 9.17) is 0 Å². The molecule has 4 rings (SSSR count). The number of carbonyl (C=O) groups excluding carboxylic acids is 1. The number of aromatic nitrogens is 2. The lowest BCUT2D eigenvalue weighted by Gasteiger charge is -2.25. The molecular formula is C20H15BrFN3O2S. The number of rotatable bonds is 4. The van der Waals surface area contributed by atoms with Crippen molar-refractivity contribution < 1.29 is 9.18 Å². The van der Waals surface area contributed by atoms with E-state index in [0.717, 1.165) is 15.6 Å². The first-order valence-corrected chi connectivity index (χ1v) is 10.3. The molecule has 1 aliphatic rings. The van der Waals surface area contributed by atoms with E-state index in [1.807, 2.05) is 24.3 Å². The van der Waals surface area contributed by atoms with Crippen molar-refractivity contribution in [2.24, 2.45) is 0 Å². The summed E-state index contributed by atoms with van der Waals surface area (Å²) in [5.41, 5.74) is 1.81. The normalized spacial score (nSPS) is 15.8. The average molecular weight is 460 g/mol. The molecule has 1 aromatic heterocycles. The van der Waals surface area contributed by atoms with Crippen molar-refractivity contribution in [2.45, 2.75) is 23.2 Å². The highest BCUT2D eigenvalue weighted by atomic mass is 79.9. The molecule has 8 heteroatoms. The molecule has 0 aliphatic carbocycles. The van der Waals surface area contributed by atoms with Gasteiger partial charge in [-0.25, -0.2) is 9.37 Å². The van der Waals surface area contributed by atoms with Crippen molar-refractivity contribution in [1.82, 2.24) is 9.97 Å².